The van der Waals surface area contributed by atoms with E-state index < -0.39 is 0 Å². The number of fused-ring (bicyclic) bond motifs is 1. The molecule has 0 amide bonds. The van der Waals surface area contributed by atoms with Gasteiger partial charge in [-0.2, -0.15) is 0 Å². The van der Waals surface area contributed by atoms with E-state index in [0.717, 1.165) is 32.5 Å². The Balaban J connectivity index is 1.83. The van der Waals surface area contributed by atoms with Crippen molar-refractivity contribution in [3.8, 4) is 5.75 Å². The van der Waals surface area contributed by atoms with E-state index in [9.17, 15) is 4.79 Å². The van der Waals surface area contributed by atoms with Gasteiger partial charge in [0.15, 0.2) is 0 Å². The molecule has 0 N–H and O–H groups in total. The van der Waals surface area contributed by atoms with Gasteiger partial charge in [-0.05, 0) is 47.5 Å². The van der Waals surface area contributed by atoms with Crippen molar-refractivity contribution in [3.05, 3.63) is 62.4 Å². The van der Waals surface area contributed by atoms with Crippen LogP contribution in [0.2, 0.25) is 10.0 Å². The highest BCUT2D eigenvalue weighted by Gasteiger charge is 2.13. The smallest absolute Gasteiger partial charge is 0.310 e. The molecular weight excluding hydrogens is 379 g/mol. The van der Waals surface area contributed by atoms with Crippen LogP contribution in [0.4, 0.5) is 0 Å². The van der Waals surface area contributed by atoms with Crippen molar-refractivity contribution in [2.24, 2.45) is 0 Å². The maximum Gasteiger partial charge on any atom is 0.310 e. The number of hydrogen-bond acceptors (Lipinski definition) is 4. The van der Waals surface area contributed by atoms with Gasteiger partial charge in [-0.1, -0.05) is 29.3 Å². The molecule has 6 heteroatoms. The summed E-state index contributed by atoms with van der Waals surface area (Å²) < 4.78 is 11.8. The minimum Gasteiger partial charge on any atom is -0.489 e. The molecule has 0 saturated carbocycles. The predicted octanol–water partition coefficient (Wildman–Crippen LogP) is 5.81. The van der Waals surface area contributed by atoms with Crippen LogP contribution in [0.1, 0.15) is 16.7 Å². The SMILES string of the molecule is COC(=O)Cc1csc2c(C)c(OCc3ccc(Cl)cc3Cl)ccc12. The maximum absolute atomic E-state index is 11.5. The van der Waals surface area contributed by atoms with Crippen LogP contribution in [0.25, 0.3) is 10.1 Å². The summed E-state index contributed by atoms with van der Waals surface area (Å²) in [5.41, 5.74) is 2.90. The van der Waals surface area contributed by atoms with Crippen molar-refractivity contribution in [2.75, 3.05) is 7.11 Å². The van der Waals surface area contributed by atoms with Crippen LogP contribution in [-0.4, -0.2) is 13.1 Å². The number of rotatable bonds is 5. The lowest BCUT2D eigenvalue weighted by atomic mass is 10.1. The second kappa shape index (κ2) is 7.65. The van der Waals surface area contributed by atoms with Gasteiger partial charge in [0.05, 0.1) is 13.5 Å². The maximum atomic E-state index is 11.5. The zero-order valence-electron chi connectivity index (χ0n) is 13.8. The molecular formula is C19H16Cl2O3S. The van der Waals surface area contributed by atoms with Crippen molar-refractivity contribution in [1.82, 2.24) is 0 Å². The number of halogens is 2. The summed E-state index contributed by atoms with van der Waals surface area (Å²) in [6.45, 7) is 2.38. The van der Waals surface area contributed by atoms with Crippen LogP contribution in [-0.2, 0) is 22.6 Å². The average Bonchev–Trinajstić information content (AvgIpc) is 2.99. The molecule has 0 fully saturated rings. The van der Waals surface area contributed by atoms with Crippen LogP contribution < -0.4 is 4.74 Å². The van der Waals surface area contributed by atoms with E-state index in [1.807, 2.05) is 30.5 Å². The van der Waals surface area contributed by atoms with Crippen LogP contribution >= 0.6 is 34.5 Å². The Kier molecular flexibility index (Phi) is 5.52. The number of methoxy groups -OCH3 is 1. The fraction of sp³-hybridized carbons (Fsp3) is 0.211. The number of thiophene rings is 1. The van der Waals surface area contributed by atoms with Crippen molar-refractivity contribution in [3.63, 3.8) is 0 Å². The number of carbonyl (C=O) groups excluding carboxylic acids is 1. The number of hydrogen-bond donors (Lipinski definition) is 0. The molecule has 0 spiro atoms. The first kappa shape index (κ1) is 18.1. The first-order chi connectivity index (χ1) is 12.0. The van der Waals surface area contributed by atoms with E-state index in [2.05, 4.69) is 0 Å². The Morgan fingerprint density at radius 2 is 1.96 bits per heavy atom. The summed E-state index contributed by atoms with van der Waals surface area (Å²) >= 11 is 13.7. The normalized spacial score (nSPS) is 10.9. The highest BCUT2D eigenvalue weighted by molar-refractivity contribution is 7.17. The zero-order chi connectivity index (χ0) is 18.0. The second-order valence-corrected chi connectivity index (χ2v) is 7.33. The van der Waals surface area contributed by atoms with Crippen LogP contribution in [0.15, 0.2) is 35.7 Å². The molecule has 0 aliphatic heterocycles. The largest absolute Gasteiger partial charge is 0.489 e. The third-order valence-electron chi connectivity index (χ3n) is 3.98. The number of aryl methyl sites for hydroxylation is 1. The van der Waals surface area contributed by atoms with Gasteiger partial charge in [-0.3, -0.25) is 4.79 Å². The Morgan fingerprint density at radius 3 is 2.68 bits per heavy atom. The lowest BCUT2D eigenvalue weighted by Crippen LogP contribution is -2.03. The van der Waals surface area contributed by atoms with Gasteiger partial charge < -0.3 is 9.47 Å². The van der Waals surface area contributed by atoms with Crippen LogP contribution in [0, 0.1) is 6.92 Å². The molecule has 3 rings (SSSR count). The molecule has 0 atom stereocenters. The molecule has 0 radical (unpaired) electrons. The molecule has 0 unspecified atom stereocenters. The fourth-order valence-electron chi connectivity index (χ4n) is 2.59. The highest BCUT2D eigenvalue weighted by Crippen LogP contribution is 2.35. The molecule has 2 aromatic carbocycles. The molecule has 1 aromatic heterocycles. The Bertz CT molecular complexity index is 934. The molecule has 0 aliphatic rings. The monoisotopic (exact) mass is 394 g/mol. The van der Waals surface area contributed by atoms with Gasteiger partial charge in [-0.15, -0.1) is 11.3 Å². The minimum atomic E-state index is -0.241. The van der Waals surface area contributed by atoms with E-state index in [4.69, 9.17) is 32.7 Å². The van der Waals surface area contributed by atoms with Crippen molar-refractivity contribution >= 4 is 50.6 Å². The number of ether oxygens (including phenoxy) is 2. The minimum absolute atomic E-state index is 0.241. The predicted molar refractivity (Wildman–Crippen MR) is 103 cm³/mol. The molecule has 0 bridgehead atoms. The topological polar surface area (TPSA) is 35.5 Å². The van der Waals surface area contributed by atoms with Crippen molar-refractivity contribution in [2.45, 2.75) is 20.0 Å². The Labute approximate surface area is 160 Å². The summed E-state index contributed by atoms with van der Waals surface area (Å²) in [4.78, 5) is 11.5. The third kappa shape index (κ3) is 3.92. The van der Waals surface area contributed by atoms with E-state index in [0.29, 0.717) is 16.7 Å². The Hall–Kier alpha value is -1.75. The first-order valence-electron chi connectivity index (χ1n) is 7.63. The quantitative estimate of drug-likeness (QED) is 0.512. The molecule has 1 heterocycles. The molecule has 3 nitrogen and oxygen atoms in total. The average molecular weight is 395 g/mol. The molecule has 0 saturated heterocycles. The van der Waals surface area contributed by atoms with Gasteiger partial charge >= 0.3 is 5.97 Å². The molecule has 3 aromatic rings. The summed E-state index contributed by atoms with van der Waals surface area (Å²) in [5.74, 6) is 0.556. The second-order valence-electron chi connectivity index (χ2n) is 5.60. The number of benzene rings is 2. The Morgan fingerprint density at radius 1 is 1.16 bits per heavy atom. The van der Waals surface area contributed by atoms with Crippen LogP contribution in [0.5, 0.6) is 5.75 Å². The first-order valence-corrected chi connectivity index (χ1v) is 9.26. The van der Waals surface area contributed by atoms with E-state index in [1.165, 1.54) is 7.11 Å². The van der Waals surface area contributed by atoms with Gasteiger partial charge in [0.1, 0.15) is 12.4 Å². The van der Waals surface area contributed by atoms with Gasteiger partial charge in [0, 0.05) is 25.9 Å². The lowest BCUT2D eigenvalue weighted by molar-refractivity contribution is -0.139. The summed E-state index contributed by atoms with van der Waals surface area (Å²) in [6.07, 6.45) is 0.274. The number of carbonyl (C=O) groups is 1. The van der Waals surface area contributed by atoms with E-state index >= 15 is 0 Å². The zero-order valence-corrected chi connectivity index (χ0v) is 16.1. The molecule has 0 aliphatic carbocycles. The molecule has 25 heavy (non-hydrogen) atoms. The van der Waals surface area contributed by atoms with Crippen LogP contribution in [0.3, 0.4) is 0 Å². The molecule has 130 valence electrons. The van der Waals surface area contributed by atoms with Gasteiger partial charge in [0.2, 0.25) is 0 Å². The van der Waals surface area contributed by atoms with Gasteiger partial charge in [-0.25, -0.2) is 0 Å². The summed E-state index contributed by atoms with van der Waals surface area (Å²) in [7, 11) is 1.40. The third-order valence-corrected chi connectivity index (χ3v) is 5.73. The van der Waals surface area contributed by atoms with E-state index in [-0.39, 0.29) is 12.4 Å². The number of esters is 1. The van der Waals surface area contributed by atoms with Crippen molar-refractivity contribution < 1.29 is 14.3 Å². The fourth-order valence-corrected chi connectivity index (χ4v) is 4.12. The standard InChI is InChI=1S/C19H16Cl2O3S/c1-11-17(24-9-12-3-4-14(20)8-16(12)21)6-5-15-13(7-18(22)23-2)10-25-19(11)15/h3-6,8,10H,7,9H2,1-2H3. The lowest BCUT2D eigenvalue weighted by Gasteiger charge is -2.11. The summed E-state index contributed by atoms with van der Waals surface area (Å²) in [6, 6.07) is 9.26. The van der Waals surface area contributed by atoms with Crippen molar-refractivity contribution in [1.29, 1.82) is 0 Å². The van der Waals surface area contributed by atoms with E-state index in [1.54, 1.807) is 23.5 Å². The highest BCUT2D eigenvalue weighted by atomic mass is 35.5. The summed E-state index contributed by atoms with van der Waals surface area (Å²) in [5, 5.41) is 4.24. The van der Waals surface area contributed by atoms with Gasteiger partial charge in [0.25, 0.3) is 0 Å².